The van der Waals surface area contributed by atoms with Gasteiger partial charge in [0, 0.05) is 6.54 Å². The molecule has 2 aromatic heterocycles. The van der Waals surface area contributed by atoms with E-state index in [0.29, 0.717) is 5.95 Å². The number of aryl methyl sites for hydroxylation is 2. The number of fused-ring (bicyclic) bond motifs is 1. The summed E-state index contributed by atoms with van der Waals surface area (Å²) in [6.45, 7) is 0.826. The third-order valence-electron chi connectivity index (χ3n) is 3.20. The van der Waals surface area contributed by atoms with Gasteiger partial charge in [0.15, 0.2) is 0 Å². The second-order valence-corrected chi connectivity index (χ2v) is 5.11. The predicted molar refractivity (Wildman–Crippen MR) is 78.7 cm³/mol. The van der Waals surface area contributed by atoms with E-state index >= 15 is 0 Å². The van der Waals surface area contributed by atoms with Crippen molar-refractivity contribution in [3.63, 3.8) is 0 Å². The summed E-state index contributed by atoms with van der Waals surface area (Å²) < 4.78 is 7.35. The number of benzene rings is 1. The number of aromatic nitrogens is 2. The Balaban J connectivity index is 1.96. The third-order valence-corrected chi connectivity index (χ3v) is 3.93. The summed E-state index contributed by atoms with van der Waals surface area (Å²) in [5.74, 6) is 1.30. The standard InChI is InChI=1S/C14H15N3OS/c1-18-12-4-2-3-11-13(12)16-14(15)17(11)7-5-10-6-8-19-9-10/h2-4,6,8-9H,5,7H2,1H3,(H2,15,16). The molecule has 5 heteroatoms. The Kier molecular flexibility index (Phi) is 3.13. The Labute approximate surface area is 115 Å². The molecule has 0 unspecified atom stereocenters. The third kappa shape index (κ3) is 2.17. The van der Waals surface area contributed by atoms with E-state index in [-0.39, 0.29) is 0 Å². The maximum Gasteiger partial charge on any atom is 0.201 e. The first-order valence-corrected chi connectivity index (χ1v) is 7.03. The van der Waals surface area contributed by atoms with Crippen LogP contribution in [0.1, 0.15) is 5.56 Å². The first-order chi connectivity index (χ1) is 9.29. The Bertz CT molecular complexity index is 688. The van der Waals surface area contributed by atoms with Crippen molar-refractivity contribution in [2.24, 2.45) is 0 Å². The van der Waals surface area contributed by atoms with Crippen LogP contribution in [0.5, 0.6) is 5.75 Å². The molecule has 0 aliphatic heterocycles. The normalized spacial score (nSPS) is 11.0. The molecule has 0 aliphatic rings. The van der Waals surface area contributed by atoms with Crippen LogP contribution in [0.2, 0.25) is 0 Å². The molecular weight excluding hydrogens is 258 g/mol. The maximum absolute atomic E-state index is 6.02. The highest BCUT2D eigenvalue weighted by molar-refractivity contribution is 7.07. The number of methoxy groups -OCH3 is 1. The van der Waals surface area contributed by atoms with Gasteiger partial charge >= 0.3 is 0 Å². The summed E-state index contributed by atoms with van der Waals surface area (Å²) in [6.07, 6.45) is 0.955. The maximum atomic E-state index is 6.02. The van der Waals surface area contributed by atoms with Gasteiger partial charge in [0.1, 0.15) is 11.3 Å². The SMILES string of the molecule is COc1cccc2c1nc(N)n2CCc1ccsc1. The molecule has 0 amide bonds. The second kappa shape index (κ2) is 4.93. The van der Waals surface area contributed by atoms with Crippen molar-refractivity contribution >= 4 is 28.3 Å². The molecule has 2 heterocycles. The van der Waals surface area contributed by atoms with E-state index in [0.717, 1.165) is 29.7 Å². The minimum atomic E-state index is 0.537. The largest absolute Gasteiger partial charge is 0.494 e. The van der Waals surface area contributed by atoms with Crippen LogP contribution in [0.15, 0.2) is 35.0 Å². The zero-order chi connectivity index (χ0) is 13.2. The van der Waals surface area contributed by atoms with E-state index in [9.17, 15) is 0 Å². The number of nitrogens with two attached hydrogens (primary N) is 1. The number of nitrogens with zero attached hydrogens (tertiary/aromatic N) is 2. The molecule has 0 spiro atoms. The van der Waals surface area contributed by atoms with Crippen LogP contribution in [0.25, 0.3) is 11.0 Å². The first-order valence-electron chi connectivity index (χ1n) is 6.09. The minimum absolute atomic E-state index is 0.537. The monoisotopic (exact) mass is 273 g/mol. The molecule has 98 valence electrons. The number of para-hydroxylation sites is 1. The highest BCUT2D eigenvalue weighted by Gasteiger charge is 2.11. The van der Waals surface area contributed by atoms with Gasteiger partial charge in [-0.25, -0.2) is 4.98 Å². The lowest BCUT2D eigenvalue weighted by molar-refractivity contribution is 0.419. The molecule has 0 bridgehead atoms. The number of ether oxygens (including phenoxy) is 1. The Morgan fingerprint density at radius 2 is 2.26 bits per heavy atom. The zero-order valence-corrected chi connectivity index (χ0v) is 11.5. The summed E-state index contributed by atoms with van der Waals surface area (Å²) in [4.78, 5) is 4.40. The molecule has 0 fully saturated rings. The average Bonchev–Trinajstić information content (AvgIpc) is 3.03. The van der Waals surface area contributed by atoms with Gasteiger partial charge in [0.25, 0.3) is 0 Å². The van der Waals surface area contributed by atoms with Gasteiger partial charge in [0.2, 0.25) is 5.95 Å². The number of thiophene rings is 1. The summed E-state index contributed by atoms with van der Waals surface area (Å²) in [6, 6.07) is 8.02. The zero-order valence-electron chi connectivity index (χ0n) is 10.7. The lowest BCUT2D eigenvalue weighted by Crippen LogP contribution is -2.05. The van der Waals surface area contributed by atoms with Crippen molar-refractivity contribution in [2.75, 3.05) is 12.8 Å². The quantitative estimate of drug-likeness (QED) is 0.795. The molecule has 3 aromatic rings. The van der Waals surface area contributed by atoms with E-state index in [1.165, 1.54) is 5.56 Å². The van der Waals surface area contributed by atoms with Crippen LogP contribution in [0, 0.1) is 0 Å². The summed E-state index contributed by atoms with van der Waals surface area (Å²) >= 11 is 1.71. The van der Waals surface area contributed by atoms with E-state index < -0.39 is 0 Å². The topological polar surface area (TPSA) is 53.1 Å². The summed E-state index contributed by atoms with van der Waals surface area (Å²) in [7, 11) is 1.65. The molecule has 0 radical (unpaired) electrons. The van der Waals surface area contributed by atoms with Crippen molar-refractivity contribution in [1.29, 1.82) is 0 Å². The fraction of sp³-hybridized carbons (Fsp3) is 0.214. The van der Waals surface area contributed by atoms with Gasteiger partial charge in [0.05, 0.1) is 12.6 Å². The number of hydrogen-bond acceptors (Lipinski definition) is 4. The van der Waals surface area contributed by atoms with E-state index in [1.807, 2.05) is 22.8 Å². The van der Waals surface area contributed by atoms with Crippen molar-refractivity contribution in [2.45, 2.75) is 13.0 Å². The molecule has 0 saturated heterocycles. The van der Waals surface area contributed by atoms with Gasteiger partial charge in [-0.3, -0.25) is 0 Å². The lowest BCUT2D eigenvalue weighted by atomic mass is 10.2. The Hall–Kier alpha value is -2.01. The minimum Gasteiger partial charge on any atom is -0.494 e. The molecule has 19 heavy (non-hydrogen) atoms. The van der Waals surface area contributed by atoms with Crippen LogP contribution in [0.4, 0.5) is 5.95 Å². The molecule has 0 aliphatic carbocycles. The Morgan fingerprint density at radius 1 is 1.37 bits per heavy atom. The van der Waals surface area contributed by atoms with Crippen molar-refractivity contribution in [3.05, 3.63) is 40.6 Å². The van der Waals surface area contributed by atoms with Gasteiger partial charge in [-0.05, 0) is 40.9 Å². The molecule has 0 atom stereocenters. The van der Waals surface area contributed by atoms with Crippen LogP contribution >= 0.6 is 11.3 Å². The van der Waals surface area contributed by atoms with E-state index in [1.54, 1.807) is 18.4 Å². The van der Waals surface area contributed by atoms with Crippen LogP contribution in [-0.2, 0) is 13.0 Å². The molecule has 0 saturated carbocycles. The predicted octanol–water partition coefficient (Wildman–Crippen LogP) is 2.93. The van der Waals surface area contributed by atoms with Crippen LogP contribution in [0.3, 0.4) is 0 Å². The first kappa shape index (κ1) is 12.0. The summed E-state index contributed by atoms with van der Waals surface area (Å²) in [5.41, 5.74) is 9.19. The lowest BCUT2D eigenvalue weighted by Gasteiger charge is -2.06. The highest BCUT2D eigenvalue weighted by atomic mass is 32.1. The van der Waals surface area contributed by atoms with Crippen molar-refractivity contribution in [3.8, 4) is 5.75 Å². The highest BCUT2D eigenvalue weighted by Crippen LogP contribution is 2.27. The van der Waals surface area contributed by atoms with Gasteiger partial charge in [-0.2, -0.15) is 11.3 Å². The second-order valence-electron chi connectivity index (χ2n) is 4.33. The Morgan fingerprint density at radius 3 is 3.00 bits per heavy atom. The smallest absolute Gasteiger partial charge is 0.201 e. The fourth-order valence-electron chi connectivity index (χ4n) is 2.21. The van der Waals surface area contributed by atoms with E-state index in [2.05, 4.69) is 21.8 Å². The van der Waals surface area contributed by atoms with Crippen molar-refractivity contribution < 1.29 is 4.74 Å². The fourth-order valence-corrected chi connectivity index (χ4v) is 2.92. The molecule has 3 rings (SSSR count). The van der Waals surface area contributed by atoms with Crippen LogP contribution in [-0.4, -0.2) is 16.7 Å². The average molecular weight is 273 g/mol. The van der Waals surface area contributed by atoms with Gasteiger partial charge in [-0.1, -0.05) is 6.07 Å². The summed E-state index contributed by atoms with van der Waals surface area (Å²) in [5, 5.41) is 4.25. The van der Waals surface area contributed by atoms with Gasteiger partial charge in [-0.15, -0.1) is 0 Å². The van der Waals surface area contributed by atoms with Crippen LogP contribution < -0.4 is 10.5 Å². The number of anilines is 1. The number of imidazole rings is 1. The molecule has 1 aromatic carbocycles. The number of hydrogen-bond donors (Lipinski definition) is 1. The molecule has 4 nitrogen and oxygen atoms in total. The molecular formula is C14H15N3OS. The van der Waals surface area contributed by atoms with E-state index in [4.69, 9.17) is 10.5 Å². The van der Waals surface area contributed by atoms with Gasteiger partial charge < -0.3 is 15.0 Å². The van der Waals surface area contributed by atoms with Crippen molar-refractivity contribution in [1.82, 2.24) is 9.55 Å². The number of nitrogen functional groups attached to an aromatic ring is 1. The number of rotatable bonds is 4. The molecule has 2 N–H and O–H groups in total.